The SMILES string of the molecule is COC(C)(C)CNc1ccccc1C(F)(F)F. The first-order chi connectivity index (χ1) is 7.76. The minimum atomic E-state index is -4.35. The minimum Gasteiger partial charge on any atom is -0.382 e. The van der Waals surface area contributed by atoms with E-state index >= 15 is 0 Å². The van der Waals surface area contributed by atoms with Gasteiger partial charge in [0.1, 0.15) is 0 Å². The Labute approximate surface area is 98.8 Å². The molecule has 2 nitrogen and oxygen atoms in total. The Hall–Kier alpha value is -1.23. The second-order valence-electron chi connectivity index (χ2n) is 4.36. The minimum absolute atomic E-state index is 0.0742. The maximum absolute atomic E-state index is 12.7. The van der Waals surface area contributed by atoms with E-state index in [-0.39, 0.29) is 5.69 Å². The lowest BCUT2D eigenvalue weighted by molar-refractivity contribution is -0.137. The van der Waals surface area contributed by atoms with E-state index in [0.717, 1.165) is 6.07 Å². The first-order valence-corrected chi connectivity index (χ1v) is 5.21. The van der Waals surface area contributed by atoms with Crippen LogP contribution in [0.4, 0.5) is 18.9 Å². The van der Waals surface area contributed by atoms with Gasteiger partial charge in [-0.2, -0.15) is 13.2 Å². The normalized spacial score (nSPS) is 12.6. The third-order valence-electron chi connectivity index (χ3n) is 2.49. The average molecular weight is 247 g/mol. The number of hydrogen-bond acceptors (Lipinski definition) is 2. The van der Waals surface area contributed by atoms with Gasteiger partial charge in [-0.25, -0.2) is 0 Å². The Kier molecular flexibility index (Phi) is 4.03. The molecule has 0 atom stereocenters. The zero-order valence-corrected chi connectivity index (χ0v) is 10.1. The number of nitrogens with one attached hydrogen (secondary N) is 1. The van der Waals surface area contributed by atoms with Crippen LogP contribution in [0.3, 0.4) is 0 Å². The summed E-state index contributed by atoms with van der Waals surface area (Å²) in [4.78, 5) is 0. The molecule has 0 amide bonds. The molecular formula is C12H16F3NO. The van der Waals surface area contributed by atoms with Gasteiger partial charge in [0.05, 0.1) is 11.2 Å². The van der Waals surface area contributed by atoms with Crippen molar-refractivity contribution in [2.75, 3.05) is 19.0 Å². The van der Waals surface area contributed by atoms with Crippen LogP contribution in [0.25, 0.3) is 0 Å². The molecule has 1 N–H and O–H groups in total. The molecule has 0 heterocycles. The van der Waals surface area contributed by atoms with E-state index in [2.05, 4.69) is 5.32 Å². The number of ether oxygens (including phenoxy) is 1. The summed E-state index contributed by atoms with van der Waals surface area (Å²) in [6.07, 6.45) is -4.35. The molecule has 1 rings (SSSR count). The second kappa shape index (κ2) is 4.96. The molecule has 0 radical (unpaired) electrons. The second-order valence-corrected chi connectivity index (χ2v) is 4.36. The Morgan fingerprint density at radius 1 is 1.18 bits per heavy atom. The lowest BCUT2D eigenvalue weighted by atomic mass is 10.1. The summed E-state index contributed by atoms with van der Waals surface area (Å²) in [7, 11) is 1.53. The lowest BCUT2D eigenvalue weighted by Gasteiger charge is -2.25. The quantitative estimate of drug-likeness (QED) is 0.878. The number of alkyl halides is 3. The Morgan fingerprint density at radius 2 is 1.76 bits per heavy atom. The molecular weight excluding hydrogens is 231 g/mol. The molecule has 0 aliphatic heterocycles. The molecule has 1 aromatic rings. The average Bonchev–Trinajstić information content (AvgIpc) is 2.26. The number of hydrogen-bond donors (Lipinski definition) is 1. The fourth-order valence-corrected chi connectivity index (χ4v) is 1.26. The predicted octanol–water partition coefficient (Wildman–Crippen LogP) is 3.54. The maximum atomic E-state index is 12.7. The van der Waals surface area contributed by atoms with E-state index in [9.17, 15) is 13.2 Å². The van der Waals surface area contributed by atoms with Crippen molar-refractivity contribution in [1.29, 1.82) is 0 Å². The van der Waals surface area contributed by atoms with Crippen molar-refractivity contribution in [2.24, 2.45) is 0 Å². The number of anilines is 1. The van der Waals surface area contributed by atoms with E-state index in [1.54, 1.807) is 19.9 Å². The number of methoxy groups -OCH3 is 1. The van der Waals surface area contributed by atoms with Gasteiger partial charge in [0.2, 0.25) is 0 Å². The summed E-state index contributed by atoms with van der Waals surface area (Å²) < 4.78 is 43.2. The zero-order chi connectivity index (χ0) is 13.1. The number of para-hydroxylation sites is 1. The largest absolute Gasteiger partial charge is 0.418 e. The van der Waals surface area contributed by atoms with Gasteiger partial charge in [-0.1, -0.05) is 12.1 Å². The highest BCUT2D eigenvalue weighted by molar-refractivity contribution is 5.52. The third kappa shape index (κ3) is 3.93. The predicted molar refractivity (Wildman–Crippen MR) is 61.0 cm³/mol. The highest BCUT2D eigenvalue weighted by Gasteiger charge is 2.33. The number of rotatable bonds is 4. The number of halogens is 3. The monoisotopic (exact) mass is 247 g/mol. The van der Waals surface area contributed by atoms with Crippen molar-refractivity contribution in [3.05, 3.63) is 29.8 Å². The van der Waals surface area contributed by atoms with Gasteiger partial charge in [0.25, 0.3) is 0 Å². The van der Waals surface area contributed by atoms with E-state index in [4.69, 9.17) is 4.74 Å². The highest BCUT2D eigenvalue weighted by Crippen LogP contribution is 2.34. The lowest BCUT2D eigenvalue weighted by Crippen LogP contribution is -2.32. The van der Waals surface area contributed by atoms with E-state index in [0.29, 0.717) is 6.54 Å². The third-order valence-corrected chi connectivity index (χ3v) is 2.49. The van der Waals surface area contributed by atoms with Crippen LogP contribution in [-0.2, 0) is 10.9 Å². The van der Waals surface area contributed by atoms with Crippen molar-refractivity contribution in [1.82, 2.24) is 0 Å². The standard InChI is InChI=1S/C12H16F3NO/c1-11(2,17-3)8-16-10-7-5-4-6-9(10)12(13,14)15/h4-7,16H,8H2,1-3H3. The van der Waals surface area contributed by atoms with Gasteiger partial charge < -0.3 is 10.1 Å². The summed E-state index contributed by atoms with van der Waals surface area (Å²) in [5.41, 5.74) is -1.10. The van der Waals surface area contributed by atoms with Crippen LogP contribution >= 0.6 is 0 Å². The van der Waals surface area contributed by atoms with E-state index < -0.39 is 17.3 Å². The van der Waals surface area contributed by atoms with E-state index in [1.165, 1.54) is 19.2 Å². The molecule has 0 unspecified atom stereocenters. The Morgan fingerprint density at radius 3 is 2.29 bits per heavy atom. The van der Waals surface area contributed by atoms with Crippen LogP contribution in [0, 0.1) is 0 Å². The molecule has 0 saturated carbocycles. The molecule has 96 valence electrons. The fraction of sp³-hybridized carbons (Fsp3) is 0.500. The zero-order valence-electron chi connectivity index (χ0n) is 10.1. The first-order valence-electron chi connectivity index (χ1n) is 5.21. The maximum Gasteiger partial charge on any atom is 0.418 e. The molecule has 0 aliphatic carbocycles. The van der Waals surface area contributed by atoms with Crippen molar-refractivity contribution in [3.63, 3.8) is 0 Å². The molecule has 1 aromatic carbocycles. The summed E-state index contributed by atoms with van der Waals surface area (Å²) in [5, 5.41) is 2.77. The molecule has 0 bridgehead atoms. The van der Waals surface area contributed by atoms with Gasteiger partial charge in [0.15, 0.2) is 0 Å². The fourth-order valence-electron chi connectivity index (χ4n) is 1.26. The summed E-state index contributed by atoms with van der Waals surface area (Å²) in [5.74, 6) is 0. The smallest absolute Gasteiger partial charge is 0.382 e. The first kappa shape index (κ1) is 13.8. The van der Waals surface area contributed by atoms with Gasteiger partial charge in [-0.05, 0) is 26.0 Å². The summed E-state index contributed by atoms with van der Waals surface area (Å²) in [6.45, 7) is 3.91. The van der Waals surface area contributed by atoms with E-state index in [1.807, 2.05) is 0 Å². The molecule has 0 fully saturated rings. The van der Waals surface area contributed by atoms with Crippen LogP contribution in [0.5, 0.6) is 0 Å². The molecule has 0 spiro atoms. The van der Waals surface area contributed by atoms with Gasteiger partial charge >= 0.3 is 6.18 Å². The van der Waals surface area contributed by atoms with Gasteiger partial charge in [-0.15, -0.1) is 0 Å². The molecule has 0 aromatic heterocycles. The Bertz CT molecular complexity index is 374. The van der Waals surface area contributed by atoms with Crippen molar-refractivity contribution < 1.29 is 17.9 Å². The van der Waals surface area contributed by atoms with Gasteiger partial charge in [-0.3, -0.25) is 0 Å². The highest BCUT2D eigenvalue weighted by atomic mass is 19.4. The van der Waals surface area contributed by atoms with Crippen LogP contribution < -0.4 is 5.32 Å². The van der Waals surface area contributed by atoms with Crippen molar-refractivity contribution >= 4 is 5.69 Å². The van der Waals surface area contributed by atoms with Crippen LogP contribution in [0.2, 0.25) is 0 Å². The van der Waals surface area contributed by atoms with Crippen LogP contribution in [0.1, 0.15) is 19.4 Å². The number of benzene rings is 1. The molecule has 0 aliphatic rings. The van der Waals surface area contributed by atoms with Crippen LogP contribution in [-0.4, -0.2) is 19.3 Å². The molecule has 5 heteroatoms. The molecule has 17 heavy (non-hydrogen) atoms. The summed E-state index contributed by atoms with van der Waals surface area (Å²) in [6, 6.07) is 5.41. The topological polar surface area (TPSA) is 21.3 Å². The van der Waals surface area contributed by atoms with Gasteiger partial charge in [0, 0.05) is 19.3 Å². The van der Waals surface area contributed by atoms with Crippen LogP contribution in [0.15, 0.2) is 24.3 Å². The summed E-state index contributed by atoms with van der Waals surface area (Å²) >= 11 is 0. The Balaban J connectivity index is 2.85. The van der Waals surface area contributed by atoms with Crippen molar-refractivity contribution in [3.8, 4) is 0 Å². The molecule has 0 saturated heterocycles. The van der Waals surface area contributed by atoms with Crippen molar-refractivity contribution in [2.45, 2.75) is 25.6 Å².